The van der Waals surface area contributed by atoms with E-state index in [-0.39, 0.29) is 5.91 Å². The molecule has 2 N–H and O–H groups in total. The fraction of sp³-hybridized carbons (Fsp3) is 0.435. The van der Waals surface area contributed by atoms with Crippen LogP contribution in [0.5, 0.6) is 0 Å². The summed E-state index contributed by atoms with van der Waals surface area (Å²) in [7, 11) is 1.81. The van der Waals surface area contributed by atoms with Crippen molar-refractivity contribution in [2.45, 2.75) is 49.7 Å². The van der Waals surface area contributed by atoms with Gasteiger partial charge in [0, 0.05) is 6.54 Å². The molecule has 2 atom stereocenters. The number of para-hydroxylation sites is 1. The van der Waals surface area contributed by atoms with Crippen molar-refractivity contribution in [1.82, 2.24) is 5.32 Å². The molecule has 0 saturated heterocycles. The maximum absolute atomic E-state index is 14.0. The fourth-order valence-corrected chi connectivity index (χ4v) is 5.28. The molecule has 2 aliphatic rings. The number of aliphatic hydroxyl groups excluding tert-OH is 1. The minimum atomic E-state index is -0.751. The number of carbonyl (C=O) groups is 1. The number of fused-ring (bicyclic) bond motifs is 2. The summed E-state index contributed by atoms with van der Waals surface area (Å²) >= 11 is 6.65. The van der Waals surface area contributed by atoms with E-state index in [2.05, 4.69) is 11.4 Å². The zero-order chi connectivity index (χ0) is 19.7. The molecular formula is C23H27ClN2O2. The van der Waals surface area contributed by atoms with Crippen LogP contribution in [-0.4, -0.2) is 30.7 Å². The van der Waals surface area contributed by atoms with Crippen molar-refractivity contribution in [3.8, 4) is 0 Å². The number of hydrogen-bond donors (Lipinski definition) is 2. The summed E-state index contributed by atoms with van der Waals surface area (Å²) in [5.74, 6) is 0.0827. The zero-order valence-electron chi connectivity index (χ0n) is 16.2. The van der Waals surface area contributed by atoms with Gasteiger partial charge in [-0.25, -0.2) is 0 Å². The van der Waals surface area contributed by atoms with E-state index in [1.54, 1.807) is 11.9 Å². The van der Waals surface area contributed by atoms with Gasteiger partial charge in [-0.3, -0.25) is 9.69 Å². The van der Waals surface area contributed by atoms with E-state index in [0.29, 0.717) is 11.6 Å². The number of likely N-dealkylation sites (N-methyl/N-ethyl adjacent to an activating group) is 1. The molecule has 0 bridgehead atoms. The van der Waals surface area contributed by atoms with Crippen LogP contribution in [0.4, 0.5) is 5.69 Å². The second kappa shape index (κ2) is 7.86. The van der Waals surface area contributed by atoms with Crippen molar-refractivity contribution >= 4 is 23.2 Å². The molecule has 4 nitrogen and oxygen atoms in total. The highest BCUT2D eigenvalue weighted by atomic mass is 35.5. The average Bonchev–Trinajstić information content (AvgIpc) is 2.94. The maximum Gasteiger partial charge on any atom is 0.238 e. The second-order valence-corrected chi connectivity index (χ2v) is 8.34. The first-order valence-electron chi connectivity index (χ1n) is 10.1. The molecular weight excluding hydrogens is 372 g/mol. The van der Waals surface area contributed by atoms with Crippen LogP contribution in [0.25, 0.3) is 0 Å². The summed E-state index contributed by atoms with van der Waals surface area (Å²) in [6.45, 7) is 0.385. The summed E-state index contributed by atoms with van der Waals surface area (Å²) in [5.41, 5.74) is 2.21. The number of hydrogen-bond acceptors (Lipinski definition) is 3. The molecule has 4 rings (SSSR count). The largest absolute Gasteiger partial charge is 0.389 e. The van der Waals surface area contributed by atoms with Crippen LogP contribution in [0, 0.1) is 0 Å². The summed E-state index contributed by atoms with van der Waals surface area (Å²) in [4.78, 5) is 15.7. The van der Waals surface area contributed by atoms with E-state index in [1.807, 2.05) is 42.5 Å². The Hall–Kier alpha value is -1.88. The lowest BCUT2D eigenvalue weighted by atomic mass is 9.70. The highest BCUT2D eigenvalue weighted by Gasteiger charge is 2.54. The van der Waals surface area contributed by atoms with Gasteiger partial charge in [0.15, 0.2) is 0 Å². The second-order valence-electron chi connectivity index (χ2n) is 7.93. The van der Waals surface area contributed by atoms with Crippen LogP contribution in [0.1, 0.15) is 49.3 Å². The van der Waals surface area contributed by atoms with Gasteiger partial charge in [0.25, 0.3) is 0 Å². The fourth-order valence-electron chi connectivity index (χ4n) is 5.01. The molecule has 1 spiro atoms. The van der Waals surface area contributed by atoms with Gasteiger partial charge in [-0.1, -0.05) is 73.3 Å². The van der Waals surface area contributed by atoms with E-state index >= 15 is 0 Å². The normalized spacial score (nSPS) is 20.2. The summed E-state index contributed by atoms with van der Waals surface area (Å²) in [5, 5.41) is 14.7. The lowest BCUT2D eigenvalue weighted by Gasteiger charge is -2.36. The maximum atomic E-state index is 14.0. The number of amides is 1. The van der Waals surface area contributed by atoms with Crippen LogP contribution in [0.3, 0.4) is 0 Å². The third-order valence-corrected chi connectivity index (χ3v) is 6.58. The van der Waals surface area contributed by atoms with Crippen molar-refractivity contribution in [1.29, 1.82) is 0 Å². The number of anilines is 1. The minimum Gasteiger partial charge on any atom is -0.389 e. The lowest BCUT2D eigenvalue weighted by molar-refractivity contribution is -0.125. The Labute approximate surface area is 171 Å². The Morgan fingerprint density at radius 3 is 2.50 bits per heavy atom. The number of nitrogens with zero attached hydrogens (tertiary/aromatic N) is 1. The Bertz CT molecular complexity index is 849. The van der Waals surface area contributed by atoms with Crippen molar-refractivity contribution in [2.24, 2.45) is 0 Å². The number of carbonyl (C=O) groups excluding carboxylic acids is 1. The van der Waals surface area contributed by atoms with Crippen molar-refractivity contribution in [2.75, 3.05) is 18.5 Å². The molecule has 0 aromatic heterocycles. The third kappa shape index (κ3) is 3.04. The highest BCUT2D eigenvalue weighted by molar-refractivity contribution is 6.35. The van der Waals surface area contributed by atoms with E-state index in [0.717, 1.165) is 48.9 Å². The summed E-state index contributed by atoms with van der Waals surface area (Å²) in [6.07, 6.45) is 4.19. The molecule has 1 amide bonds. The van der Waals surface area contributed by atoms with Gasteiger partial charge in [0.05, 0.1) is 28.3 Å². The smallest absolute Gasteiger partial charge is 0.238 e. The Balaban J connectivity index is 1.88. The quantitative estimate of drug-likeness (QED) is 0.793. The van der Waals surface area contributed by atoms with E-state index < -0.39 is 17.6 Å². The predicted molar refractivity (Wildman–Crippen MR) is 113 cm³/mol. The van der Waals surface area contributed by atoms with Crippen LogP contribution in [0.2, 0.25) is 5.02 Å². The van der Waals surface area contributed by atoms with Crippen LogP contribution >= 0.6 is 11.6 Å². The van der Waals surface area contributed by atoms with Gasteiger partial charge < -0.3 is 10.4 Å². The first kappa shape index (κ1) is 19.4. The van der Waals surface area contributed by atoms with E-state index in [1.165, 1.54) is 0 Å². The van der Waals surface area contributed by atoms with E-state index in [9.17, 15) is 9.90 Å². The summed E-state index contributed by atoms with van der Waals surface area (Å²) in [6, 6.07) is 15.1. The molecule has 1 aliphatic carbocycles. The van der Waals surface area contributed by atoms with Crippen molar-refractivity contribution < 1.29 is 9.90 Å². The SMILES string of the molecule is CNC[C@@H](O)[C@H](c1ccccc1)N1C(=O)C2(CCCCC2)c2cccc(Cl)c21. The first-order valence-corrected chi connectivity index (χ1v) is 10.5. The van der Waals surface area contributed by atoms with Crippen LogP contribution < -0.4 is 10.2 Å². The van der Waals surface area contributed by atoms with Crippen LogP contribution in [-0.2, 0) is 10.2 Å². The molecule has 2 aromatic rings. The number of nitrogens with one attached hydrogen (secondary N) is 1. The molecule has 28 heavy (non-hydrogen) atoms. The molecule has 5 heteroatoms. The average molecular weight is 399 g/mol. The zero-order valence-corrected chi connectivity index (χ0v) is 17.0. The molecule has 0 radical (unpaired) electrons. The topological polar surface area (TPSA) is 52.6 Å². The summed E-state index contributed by atoms with van der Waals surface area (Å²) < 4.78 is 0. The van der Waals surface area contributed by atoms with Crippen molar-refractivity contribution in [3.05, 3.63) is 64.7 Å². The van der Waals surface area contributed by atoms with Crippen LogP contribution in [0.15, 0.2) is 48.5 Å². The van der Waals surface area contributed by atoms with Gasteiger partial charge in [-0.15, -0.1) is 0 Å². The minimum absolute atomic E-state index is 0.0827. The molecule has 2 aromatic carbocycles. The Morgan fingerprint density at radius 1 is 1.11 bits per heavy atom. The molecule has 1 saturated carbocycles. The Morgan fingerprint density at radius 2 is 1.82 bits per heavy atom. The number of benzene rings is 2. The standard InChI is InChI=1S/C23H27ClN2O2/c1-25-15-19(27)20(16-9-4-2-5-10-16)26-21-17(11-8-12-18(21)24)23(22(26)28)13-6-3-7-14-23/h2,4-5,8-12,19-20,25,27H,3,6-7,13-15H2,1H3/t19-,20+/m1/s1. The van der Waals surface area contributed by atoms with Gasteiger partial charge in [0.2, 0.25) is 5.91 Å². The number of aliphatic hydroxyl groups is 1. The number of halogens is 1. The molecule has 148 valence electrons. The van der Waals surface area contributed by atoms with Crippen molar-refractivity contribution in [3.63, 3.8) is 0 Å². The third-order valence-electron chi connectivity index (χ3n) is 6.28. The monoisotopic (exact) mass is 398 g/mol. The lowest BCUT2D eigenvalue weighted by Crippen LogP contribution is -2.47. The van der Waals surface area contributed by atoms with E-state index in [4.69, 9.17) is 11.6 Å². The van der Waals surface area contributed by atoms with Gasteiger partial charge in [-0.05, 0) is 37.1 Å². The van der Waals surface area contributed by atoms with Gasteiger partial charge >= 0.3 is 0 Å². The predicted octanol–water partition coefficient (Wildman–Crippen LogP) is 4.21. The molecule has 0 unspecified atom stereocenters. The van der Waals surface area contributed by atoms with Gasteiger partial charge in [-0.2, -0.15) is 0 Å². The highest BCUT2D eigenvalue weighted by Crippen LogP contribution is 2.54. The molecule has 1 fully saturated rings. The van der Waals surface area contributed by atoms with Gasteiger partial charge in [0.1, 0.15) is 0 Å². The molecule has 1 heterocycles. The Kier molecular flexibility index (Phi) is 5.46. The molecule has 1 aliphatic heterocycles. The first-order chi connectivity index (χ1) is 13.6. The number of rotatable bonds is 5.